The van der Waals surface area contributed by atoms with Crippen molar-refractivity contribution in [1.82, 2.24) is 0 Å². The zero-order valence-corrected chi connectivity index (χ0v) is 13.3. The lowest BCUT2D eigenvalue weighted by molar-refractivity contribution is -0.384. The second-order valence-electron chi connectivity index (χ2n) is 4.08. The number of hydrogen-bond acceptors (Lipinski definition) is 4. The van der Waals surface area contributed by atoms with Crippen molar-refractivity contribution in [2.75, 3.05) is 7.11 Å². The molecule has 0 aromatic heterocycles. The smallest absolute Gasteiger partial charge is 0.273 e. The molecule has 0 aliphatic carbocycles. The molecule has 2 aromatic rings. The van der Waals surface area contributed by atoms with Gasteiger partial charge in [-0.05, 0) is 18.2 Å². The van der Waals surface area contributed by atoms with Gasteiger partial charge in [0.05, 0.1) is 18.1 Å². The number of ether oxygens (including phenoxy) is 2. The van der Waals surface area contributed by atoms with E-state index in [1.807, 2.05) is 6.07 Å². The first kappa shape index (κ1) is 15.6. The molecular formula is C14H11BrClNO4. The summed E-state index contributed by atoms with van der Waals surface area (Å²) in [7, 11) is 1.43. The topological polar surface area (TPSA) is 61.6 Å². The summed E-state index contributed by atoms with van der Waals surface area (Å²) in [4.78, 5) is 10.3. The van der Waals surface area contributed by atoms with E-state index < -0.39 is 4.92 Å². The normalized spacial score (nSPS) is 10.2. The monoisotopic (exact) mass is 371 g/mol. The van der Waals surface area contributed by atoms with E-state index in [0.29, 0.717) is 21.9 Å². The van der Waals surface area contributed by atoms with Gasteiger partial charge in [-0.3, -0.25) is 10.1 Å². The van der Waals surface area contributed by atoms with Crippen molar-refractivity contribution >= 4 is 33.2 Å². The van der Waals surface area contributed by atoms with Crippen molar-refractivity contribution < 1.29 is 14.4 Å². The lowest BCUT2D eigenvalue weighted by atomic mass is 10.2. The molecular weight excluding hydrogens is 362 g/mol. The Morgan fingerprint density at radius 1 is 1.19 bits per heavy atom. The van der Waals surface area contributed by atoms with Crippen LogP contribution in [0.25, 0.3) is 0 Å². The number of halogens is 2. The van der Waals surface area contributed by atoms with Crippen molar-refractivity contribution in [3.63, 3.8) is 0 Å². The predicted octanol–water partition coefficient (Wildman–Crippen LogP) is 4.94. The van der Waals surface area contributed by atoms with Gasteiger partial charge in [0.15, 0.2) is 11.5 Å². The summed E-state index contributed by atoms with van der Waals surface area (Å²) in [5.74, 6) is 1.23. The number of rotatable bonds is 5. The molecule has 0 radical (unpaired) electrons. The molecule has 0 spiro atoms. The van der Waals surface area contributed by atoms with Gasteiger partial charge in [0.25, 0.3) is 5.69 Å². The van der Waals surface area contributed by atoms with Gasteiger partial charge in [-0.15, -0.1) is 0 Å². The zero-order chi connectivity index (χ0) is 15.4. The molecule has 0 amide bonds. The SMILES string of the molecule is COc1cc([N+](=O)[O-])ccc1Oc1cc(Cl)ccc1CBr. The van der Waals surface area contributed by atoms with Crippen LogP contribution in [0.15, 0.2) is 36.4 Å². The number of alkyl halides is 1. The van der Waals surface area contributed by atoms with Gasteiger partial charge in [-0.2, -0.15) is 0 Å². The number of nitro groups is 1. The summed E-state index contributed by atoms with van der Waals surface area (Å²) < 4.78 is 10.9. The minimum absolute atomic E-state index is 0.0639. The van der Waals surface area contributed by atoms with Crippen molar-refractivity contribution in [2.45, 2.75) is 5.33 Å². The van der Waals surface area contributed by atoms with E-state index in [1.165, 1.54) is 25.3 Å². The first-order valence-corrected chi connectivity index (χ1v) is 7.39. The highest BCUT2D eigenvalue weighted by Crippen LogP contribution is 2.37. The summed E-state index contributed by atoms with van der Waals surface area (Å²) in [6.07, 6.45) is 0. The van der Waals surface area contributed by atoms with Crippen LogP contribution in [0.3, 0.4) is 0 Å². The predicted molar refractivity (Wildman–Crippen MR) is 83.8 cm³/mol. The highest BCUT2D eigenvalue weighted by molar-refractivity contribution is 9.08. The molecule has 0 saturated carbocycles. The minimum Gasteiger partial charge on any atom is -0.493 e. The van der Waals surface area contributed by atoms with Crippen molar-refractivity contribution in [1.29, 1.82) is 0 Å². The van der Waals surface area contributed by atoms with Gasteiger partial charge in [0.1, 0.15) is 5.75 Å². The average Bonchev–Trinajstić information content (AvgIpc) is 2.47. The quantitative estimate of drug-likeness (QED) is 0.423. The zero-order valence-electron chi connectivity index (χ0n) is 11.0. The third kappa shape index (κ3) is 3.65. The molecule has 7 heteroatoms. The Balaban J connectivity index is 2.39. The molecule has 0 unspecified atom stereocenters. The molecule has 21 heavy (non-hydrogen) atoms. The number of methoxy groups -OCH3 is 1. The summed E-state index contributed by atoms with van der Waals surface area (Å²) >= 11 is 9.33. The highest BCUT2D eigenvalue weighted by Gasteiger charge is 2.14. The fourth-order valence-electron chi connectivity index (χ4n) is 1.71. The average molecular weight is 373 g/mol. The largest absolute Gasteiger partial charge is 0.493 e. The van der Waals surface area contributed by atoms with E-state index >= 15 is 0 Å². The number of nitrogens with zero attached hydrogens (tertiary/aromatic N) is 1. The fourth-order valence-corrected chi connectivity index (χ4v) is 2.33. The molecule has 0 aliphatic rings. The molecule has 0 N–H and O–H groups in total. The summed E-state index contributed by atoms with van der Waals surface area (Å²) in [5.41, 5.74) is 0.839. The standard InChI is InChI=1S/C14H11BrClNO4/c1-20-14-7-11(17(18)19)4-5-12(14)21-13-6-10(16)3-2-9(13)8-15/h2-7H,8H2,1H3. The molecule has 0 atom stereocenters. The molecule has 2 aromatic carbocycles. The van der Waals surface area contributed by atoms with Gasteiger partial charge >= 0.3 is 0 Å². The van der Waals surface area contributed by atoms with E-state index in [4.69, 9.17) is 21.1 Å². The van der Waals surface area contributed by atoms with E-state index in [0.717, 1.165) is 5.56 Å². The van der Waals surface area contributed by atoms with Crippen LogP contribution in [-0.2, 0) is 5.33 Å². The van der Waals surface area contributed by atoms with E-state index in [-0.39, 0.29) is 11.4 Å². The van der Waals surface area contributed by atoms with Crippen molar-refractivity contribution in [2.24, 2.45) is 0 Å². The van der Waals surface area contributed by atoms with E-state index in [1.54, 1.807) is 12.1 Å². The summed E-state index contributed by atoms with van der Waals surface area (Å²) in [5, 5.41) is 11.9. The lowest BCUT2D eigenvalue weighted by Gasteiger charge is -2.13. The Kier molecular flexibility index (Phi) is 5.03. The number of benzene rings is 2. The van der Waals surface area contributed by atoms with Crippen LogP contribution in [-0.4, -0.2) is 12.0 Å². The first-order chi connectivity index (χ1) is 10.0. The first-order valence-electron chi connectivity index (χ1n) is 5.90. The molecule has 110 valence electrons. The second kappa shape index (κ2) is 6.78. The Morgan fingerprint density at radius 2 is 1.95 bits per heavy atom. The van der Waals surface area contributed by atoms with Gasteiger partial charge < -0.3 is 9.47 Å². The van der Waals surface area contributed by atoms with Crippen LogP contribution in [0.2, 0.25) is 5.02 Å². The van der Waals surface area contributed by atoms with Crippen LogP contribution >= 0.6 is 27.5 Å². The second-order valence-corrected chi connectivity index (χ2v) is 5.08. The van der Waals surface area contributed by atoms with Gasteiger partial charge in [-0.1, -0.05) is 33.6 Å². The molecule has 0 bridgehead atoms. The number of non-ortho nitro benzene ring substituents is 1. The van der Waals surface area contributed by atoms with Crippen LogP contribution in [0, 0.1) is 10.1 Å². The van der Waals surface area contributed by atoms with Gasteiger partial charge in [0, 0.05) is 22.0 Å². The van der Waals surface area contributed by atoms with E-state index in [2.05, 4.69) is 15.9 Å². The third-order valence-corrected chi connectivity index (χ3v) is 3.59. The Bertz CT molecular complexity index is 678. The Hall–Kier alpha value is -1.79. The van der Waals surface area contributed by atoms with Crippen molar-refractivity contribution in [3.05, 3.63) is 57.1 Å². The van der Waals surface area contributed by atoms with E-state index in [9.17, 15) is 10.1 Å². The fraction of sp³-hybridized carbons (Fsp3) is 0.143. The molecule has 0 saturated heterocycles. The molecule has 2 rings (SSSR count). The Labute approximate surface area is 134 Å². The maximum Gasteiger partial charge on any atom is 0.273 e. The lowest BCUT2D eigenvalue weighted by Crippen LogP contribution is -1.95. The maximum absolute atomic E-state index is 10.8. The van der Waals surface area contributed by atoms with Crippen LogP contribution in [0.4, 0.5) is 5.69 Å². The van der Waals surface area contributed by atoms with Gasteiger partial charge in [0.2, 0.25) is 0 Å². The molecule has 0 heterocycles. The van der Waals surface area contributed by atoms with Gasteiger partial charge in [-0.25, -0.2) is 0 Å². The van der Waals surface area contributed by atoms with Crippen LogP contribution < -0.4 is 9.47 Å². The van der Waals surface area contributed by atoms with Crippen LogP contribution in [0.1, 0.15) is 5.56 Å². The number of nitro benzene ring substituents is 1. The van der Waals surface area contributed by atoms with Crippen molar-refractivity contribution in [3.8, 4) is 17.2 Å². The third-order valence-electron chi connectivity index (χ3n) is 2.75. The molecule has 5 nitrogen and oxygen atoms in total. The molecule has 0 fully saturated rings. The minimum atomic E-state index is -0.490. The summed E-state index contributed by atoms with van der Waals surface area (Å²) in [6.45, 7) is 0. The highest BCUT2D eigenvalue weighted by atomic mass is 79.9. The summed E-state index contributed by atoms with van der Waals surface area (Å²) in [6, 6.07) is 9.45. The van der Waals surface area contributed by atoms with Crippen LogP contribution in [0.5, 0.6) is 17.2 Å². The maximum atomic E-state index is 10.8. The molecule has 0 aliphatic heterocycles. The number of hydrogen-bond donors (Lipinski definition) is 0. The Morgan fingerprint density at radius 3 is 2.57 bits per heavy atom.